The normalized spacial score (nSPS) is 15.1. The van der Waals surface area contributed by atoms with E-state index in [9.17, 15) is 0 Å². The molecule has 0 saturated carbocycles. The van der Waals surface area contributed by atoms with Crippen molar-refractivity contribution in [2.24, 2.45) is 5.73 Å². The number of hydrogen-bond donors (Lipinski definition) is 1. The highest BCUT2D eigenvalue weighted by atomic mass is 32.1. The minimum atomic E-state index is 0.182. The third-order valence-electron chi connectivity index (χ3n) is 3.45. The van der Waals surface area contributed by atoms with Gasteiger partial charge in [0, 0.05) is 43.4 Å². The first-order valence-corrected chi connectivity index (χ1v) is 7.73. The van der Waals surface area contributed by atoms with E-state index in [2.05, 4.69) is 19.2 Å². The van der Waals surface area contributed by atoms with Gasteiger partial charge in [-0.1, -0.05) is 0 Å². The molecule has 3 heterocycles. The summed E-state index contributed by atoms with van der Waals surface area (Å²) in [7, 11) is 1.99. The fourth-order valence-corrected chi connectivity index (χ4v) is 2.92. The van der Waals surface area contributed by atoms with Gasteiger partial charge < -0.3 is 20.1 Å². The molecule has 0 saturated heterocycles. The molecule has 3 rings (SSSR count). The zero-order valence-electron chi connectivity index (χ0n) is 12.3. The average Bonchev–Trinajstić information content (AvgIpc) is 3.26. The zero-order chi connectivity index (χ0) is 15.4. The van der Waals surface area contributed by atoms with Crippen LogP contribution in [0.1, 0.15) is 12.8 Å². The van der Waals surface area contributed by atoms with E-state index in [1.807, 2.05) is 13.2 Å². The molecule has 118 valence electrons. The van der Waals surface area contributed by atoms with E-state index in [1.54, 1.807) is 23.4 Å². The number of ether oxygens (including phenoxy) is 2. The molecule has 8 nitrogen and oxygen atoms in total. The number of anilines is 1. The van der Waals surface area contributed by atoms with Gasteiger partial charge in [0.2, 0.25) is 17.9 Å². The van der Waals surface area contributed by atoms with Gasteiger partial charge in [-0.25, -0.2) is 4.98 Å². The van der Waals surface area contributed by atoms with Crippen LogP contribution in [0.4, 0.5) is 5.13 Å². The lowest BCUT2D eigenvalue weighted by molar-refractivity contribution is 0.0768. The van der Waals surface area contributed by atoms with Crippen LogP contribution in [0.15, 0.2) is 30.7 Å². The largest absolute Gasteiger partial charge is 0.462 e. The lowest BCUT2D eigenvalue weighted by atomic mass is 10.1. The van der Waals surface area contributed by atoms with E-state index >= 15 is 0 Å². The molecule has 0 aliphatic carbocycles. The third-order valence-corrected chi connectivity index (χ3v) is 4.25. The molecule has 22 heavy (non-hydrogen) atoms. The van der Waals surface area contributed by atoms with Gasteiger partial charge in [0.05, 0.1) is 0 Å². The Labute approximate surface area is 132 Å². The van der Waals surface area contributed by atoms with Crippen molar-refractivity contribution in [1.29, 1.82) is 0 Å². The maximum absolute atomic E-state index is 5.74. The van der Waals surface area contributed by atoms with Crippen LogP contribution in [0.3, 0.4) is 0 Å². The highest BCUT2D eigenvalue weighted by Gasteiger charge is 2.22. The summed E-state index contributed by atoms with van der Waals surface area (Å²) in [5.74, 6) is 1.46. The lowest BCUT2D eigenvalue weighted by Crippen LogP contribution is -2.34. The van der Waals surface area contributed by atoms with E-state index in [0.717, 1.165) is 23.7 Å². The number of nitrogens with zero attached hydrogens (tertiary/aromatic N) is 5. The van der Waals surface area contributed by atoms with Crippen LogP contribution in [0.25, 0.3) is 5.95 Å². The van der Waals surface area contributed by atoms with Crippen LogP contribution < -0.4 is 10.6 Å². The van der Waals surface area contributed by atoms with Gasteiger partial charge in [0.1, 0.15) is 18.3 Å². The Bertz CT molecular complexity index is 626. The highest BCUT2D eigenvalue weighted by Crippen LogP contribution is 2.25. The molecule has 1 atom stereocenters. The summed E-state index contributed by atoms with van der Waals surface area (Å²) >= 11 is 1.35. The molecule has 0 aromatic carbocycles. The van der Waals surface area contributed by atoms with E-state index in [1.165, 1.54) is 11.5 Å². The van der Waals surface area contributed by atoms with Crippen LogP contribution in [0, 0.1) is 0 Å². The molecule has 1 unspecified atom stereocenters. The van der Waals surface area contributed by atoms with Gasteiger partial charge in [-0.2, -0.15) is 9.36 Å². The predicted molar refractivity (Wildman–Crippen MR) is 82.6 cm³/mol. The van der Waals surface area contributed by atoms with Crippen molar-refractivity contribution in [3.05, 3.63) is 30.7 Å². The summed E-state index contributed by atoms with van der Waals surface area (Å²) < 4.78 is 16.7. The molecule has 2 N–H and O–H groups in total. The first-order chi connectivity index (χ1) is 10.8. The lowest BCUT2D eigenvalue weighted by Gasteiger charge is -2.26. The summed E-state index contributed by atoms with van der Waals surface area (Å²) in [6.45, 7) is 0.883. The number of imidazole rings is 1. The molecule has 0 fully saturated rings. The van der Waals surface area contributed by atoms with Crippen molar-refractivity contribution in [3.8, 4) is 5.95 Å². The van der Waals surface area contributed by atoms with Crippen molar-refractivity contribution in [3.63, 3.8) is 0 Å². The number of nitrogens with two attached hydrogens (primary N) is 1. The van der Waals surface area contributed by atoms with Crippen LogP contribution in [-0.4, -0.2) is 45.3 Å². The molecule has 0 amide bonds. The third kappa shape index (κ3) is 3.20. The fraction of sp³-hybridized carbons (Fsp3) is 0.462. The van der Waals surface area contributed by atoms with E-state index < -0.39 is 0 Å². The molecule has 1 aliphatic rings. The topological polar surface area (TPSA) is 91.3 Å². The van der Waals surface area contributed by atoms with Gasteiger partial charge in [-0.05, 0) is 13.0 Å². The smallest absolute Gasteiger partial charge is 0.248 e. The molecule has 0 radical (unpaired) electrons. The Kier molecular flexibility index (Phi) is 4.54. The summed E-state index contributed by atoms with van der Waals surface area (Å²) in [5.41, 5.74) is 5.74. The van der Waals surface area contributed by atoms with Gasteiger partial charge in [0.15, 0.2) is 0 Å². The fourth-order valence-electron chi connectivity index (χ4n) is 2.22. The Morgan fingerprint density at radius 1 is 1.55 bits per heavy atom. The Morgan fingerprint density at radius 3 is 3.14 bits per heavy atom. The van der Waals surface area contributed by atoms with Gasteiger partial charge in [0.25, 0.3) is 0 Å². The van der Waals surface area contributed by atoms with Gasteiger partial charge in [-0.15, -0.1) is 0 Å². The molecule has 2 aromatic rings. The van der Waals surface area contributed by atoms with Crippen LogP contribution in [0.5, 0.6) is 0 Å². The highest BCUT2D eigenvalue weighted by molar-refractivity contribution is 7.09. The predicted octanol–water partition coefficient (Wildman–Crippen LogP) is 1.11. The van der Waals surface area contributed by atoms with Gasteiger partial charge in [-0.3, -0.25) is 4.57 Å². The zero-order valence-corrected chi connectivity index (χ0v) is 13.1. The SMILES string of the molecule is CN(c1nc(-n2ccnc2)ns1)C(CCN)CC1=COCO1. The van der Waals surface area contributed by atoms with E-state index in [4.69, 9.17) is 15.2 Å². The quantitative estimate of drug-likeness (QED) is 0.816. The first kappa shape index (κ1) is 14.8. The minimum Gasteiger partial charge on any atom is -0.462 e. The molecule has 9 heteroatoms. The summed E-state index contributed by atoms with van der Waals surface area (Å²) in [4.78, 5) is 10.7. The summed E-state index contributed by atoms with van der Waals surface area (Å²) in [5, 5.41) is 0.835. The van der Waals surface area contributed by atoms with Crippen LogP contribution in [-0.2, 0) is 9.47 Å². The second-order valence-electron chi connectivity index (χ2n) is 4.91. The average molecular weight is 322 g/mol. The molecule has 0 bridgehead atoms. The summed E-state index contributed by atoms with van der Waals surface area (Å²) in [6, 6.07) is 0.182. The molecular weight excluding hydrogens is 304 g/mol. The monoisotopic (exact) mass is 322 g/mol. The van der Waals surface area contributed by atoms with Crippen LogP contribution >= 0.6 is 11.5 Å². The maximum atomic E-state index is 5.74. The first-order valence-electron chi connectivity index (χ1n) is 6.96. The van der Waals surface area contributed by atoms with E-state index in [-0.39, 0.29) is 12.8 Å². The second kappa shape index (κ2) is 6.75. The Hall–Kier alpha value is -2.13. The van der Waals surface area contributed by atoms with Crippen molar-refractivity contribution in [2.45, 2.75) is 18.9 Å². The molecule has 0 spiro atoms. The summed E-state index contributed by atoms with van der Waals surface area (Å²) in [6.07, 6.45) is 8.42. The standard InChI is InChI=1S/C13H18N6O2S/c1-18(10(2-3-14)6-11-7-20-9-21-11)13-16-12(17-22-13)19-5-4-15-8-19/h4-5,7-8,10H,2-3,6,9,14H2,1H3. The number of aromatic nitrogens is 4. The van der Waals surface area contributed by atoms with Crippen molar-refractivity contribution < 1.29 is 9.47 Å². The van der Waals surface area contributed by atoms with Crippen molar-refractivity contribution in [1.82, 2.24) is 18.9 Å². The van der Waals surface area contributed by atoms with Crippen molar-refractivity contribution in [2.75, 3.05) is 25.3 Å². The molecular formula is C13H18N6O2S. The minimum absolute atomic E-state index is 0.182. The van der Waals surface area contributed by atoms with E-state index in [0.29, 0.717) is 12.5 Å². The second-order valence-corrected chi connectivity index (χ2v) is 5.64. The molecule has 1 aliphatic heterocycles. The van der Waals surface area contributed by atoms with Crippen LogP contribution in [0.2, 0.25) is 0 Å². The number of rotatable bonds is 7. The number of hydrogen-bond acceptors (Lipinski definition) is 8. The molecule has 2 aromatic heterocycles. The maximum Gasteiger partial charge on any atom is 0.248 e. The Morgan fingerprint density at radius 2 is 2.45 bits per heavy atom. The van der Waals surface area contributed by atoms with Crippen molar-refractivity contribution >= 4 is 16.7 Å². The Balaban J connectivity index is 1.73. The van der Waals surface area contributed by atoms with Gasteiger partial charge >= 0.3 is 0 Å².